The first-order valence-electron chi connectivity index (χ1n) is 8.62. The Hall–Kier alpha value is -1.68. The van der Waals surface area contributed by atoms with Gasteiger partial charge in [-0.25, -0.2) is 0 Å². The Bertz CT molecular complexity index is 750. The maximum atomic E-state index is 13.4. The lowest BCUT2D eigenvalue weighted by Crippen LogP contribution is -2.46. The van der Waals surface area contributed by atoms with E-state index in [2.05, 4.69) is 6.08 Å². The van der Waals surface area contributed by atoms with Gasteiger partial charge in [-0.3, -0.25) is 0 Å². The van der Waals surface area contributed by atoms with Gasteiger partial charge in [0.05, 0.1) is 6.10 Å². The Morgan fingerprint density at radius 2 is 2.08 bits per heavy atom. The Morgan fingerprint density at radius 1 is 1.29 bits per heavy atom. The Kier molecular flexibility index (Phi) is 3.40. The van der Waals surface area contributed by atoms with Gasteiger partial charge in [-0.15, -0.1) is 0 Å². The molecular weight excluding hydrogens is 310 g/mol. The van der Waals surface area contributed by atoms with Crippen LogP contribution >= 0.6 is 0 Å². The van der Waals surface area contributed by atoms with Crippen LogP contribution in [0.3, 0.4) is 0 Å². The Balaban J connectivity index is 1.93. The van der Waals surface area contributed by atoms with Crippen molar-refractivity contribution in [2.75, 3.05) is 0 Å². The number of fused-ring (bicyclic) bond motifs is 5. The van der Waals surface area contributed by atoms with Gasteiger partial charge < -0.3 is 10.2 Å². The fraction of sp³-hybridized carbons (Fsp3) is 0.500. The number of aryl methyl sites for hydroxylation is 1. The summed E-state index contributed by atoms with van der Waals surface area (Å²) in [5, 5.41) is 20.2. The van der Waals surface area contributed by atoms with E-state index in [4.69, 9.17) is 0 Å². The lowest BCUT2D eigenvalue weighted by molar-refractivity contribution is 0.00888. The summed E-state index contributed by atoms with van der Waals surface area (Å²) in [5.74, 6) is 0.231. The number of phenols is 1. The van der Waals surface area contributed by atoms with Crippen LogP contribution in [0.1, 0.15) is 43.7 Å². The second kappa shape index (κ2) is 5.16. The maximum absolute atomic E-state index is 13.4. The van der Waals surface area contributed by atoms with Gasteiger partial charge in [0, 0.05) is 10.8 Å². The van der Waals surface area contributed by atoms with E-state index in [-0.39, 0.29) is 17.1 Å². The minimum atomic E-state index is -1.64. The fourth-order valence-electron chi connectivity index (χ4n) is 5.55. The van der Waals surface area contributed by atoms with E-state index in [9.17, 15) is 19.0 Å². The van der Waals surface area contributed by atoms with E-state index in [0.29, 0.717) is 25.7 Å². The summed E-state index contributed by atoms with van der Waals surface area (Å²) in [5.41, 5.74) is 1.89. The minimum Gasteiger partial charge on any atom is -0.508 e. The number of allylic oxidation sites excluding steroid dienone is 3. The third kappa shape index (κ3) is 2.02. The quantitative estimate of drug-likeness (QED) is 0.784. The molecule has 1 fully saturated rings. The van der Waals surface area contributed by atoms with E-state index in [1.807, 2.05) is 13.0 Å². The molecule has 24 heavy (non-hydrogen) atoms. The van der Waals surface area contributed by atoms with Crippen molar-refractivity contribution >= 4 is 5.57 Å². The van der Waals surface area contributed by atoms with Gasteiger partial charge in [-0.2, -0.15) is 8.78 Å². The average Bonchev–Trinajstić information content (AvgIpc) is 2.83. The zero-order valence-electron chi connectivity index (χ0n) is 13.7. The van der Waals surface area contributed by atoms with Gasteiger partial charge in [0.2, 0.25) is 0 Å². The largest absolute Gasteiger partial charge is 0.508 e. The van der Waals surface area contributed by atoms with Gasteiger partial charge in [0.25, 0.3) is 6.08 Å². The number of phenolic OH excluding ortho intramolecular Hbond substituents is 1. The van der Waals surface area contributed by atoms with Crippen molar-refractivity contribution in [1.82, 2.24) is 0 Å². The molecule has 0 aliphatic heterocycles. The Morgan fingerprint density at radius 3 is 2.83 bits per heavy atom. The number of aliphatic hydroxyl groups is 1. The highest BCUT2D eigenvalue weighted by atomic mass is 19.3. The van der Waals surface area contributed by atoms with Crippen LogP contribution < -0.4 is 0 Å². The zero-order chi connectivity index (χ0) is 17.1. The minimum absolute atomic E-state index is 0.0171. The summed E-state index contributed by atoms with van der Waals surface area (Å²) >= 11 is 0. The molecule has 1 unspecified atom stereocenters. The normalized spacial score (nSPS) is 37.1. The number of benzene rings is 1. The van der Waals surface area contributed by atoms with E-state index >= 15 is 0 Å². The summed E-state index contributed by atoms with van der Waals surface area (Å²) in [6, 6.07) is 5.22. The molecule has 0 saturated heterocycles. The van der Waals surface area contributed by atoms with E-state index in [1.165, 1.54) is 0 Å². The van der Waals surface area contributed by atoms with Crippen LogP contribution in [0, 0.1) is 16.7 Å². The lowest BCUT2D eigenvalue weighted by Gasteiger charge is -2.52. The number of rotatable bonds is 1. The molecule has 1 aromatic carbocycles. The van der Waals surface area contributed by atoms with E-state index < -0.39 is 17.6 Å². The molecule has 128 valence electrons. The molecule has 0 bridgehead atoms. The van der Waals surface area contributed by atoms with Crippen molar-refractivity contribution in [3.05, 3.63) is 47.6 Å². The molecule has 4 rings (SSSR count). The predicted molar refractivity (Wildman–Crippen MR) is 88.6 cm³/mol. The monoisotopic (exact) mass is 332 g/mol. The van der Waals surface area contributed by atoms with Crippen LogP contribution in [0.4, 0.5) is 8.78 Å². The molecule has 3 aliphatic carbocycles. The third-order valence-electron chi connectivity index (χ3n) is 6.71. The summed E-state index contributed by atoms with van der Waals surface area (Å²) in [4.78, 5) is 0. The molecule has 0 radical (unpaired) electrons. The average molecular weight is 332 g/mol. The smallest absolute Gasteiger partial charge is 0.267 e. The van der Waals surface area contributed by atoms with Crippen molar-refractivity contribution < 1.29 is 19.0 Å². The number of hydrogen-bond acceptors (Lipinski definition) is 2. The molecule has 0 heterocycles. The molecule has 2 N–H and O–H groups in total. The zero-order valence-corrected chi connectivity index (χ0v) is 13.7. The van der Waals surface area contributed by atoms with Crippen molar-refractivity contribution in [3.63, 3.8) is 0 Å². The molecule has 4 heteroatoms. The fourth-order valence-corrected chi connectivity index (χ4v) is 5.55. The van der Waals surface area contributed by atoms with Crippen LogP contribution in [0.2, 0.25) is 0 Å². The van der Waals surface area contributed by atoms with Crippen LogP contribution in [0.25, 0.3) is 5.57 Å². The van der Waals surface area contributed by atoms with Crippen LogP contribution in [-0.4, -0.2) is 16.3 Å². The molecule has 4 atom stereocenters. The number of aliphatic hydroxyl groups excluding tert-OH is 1. The summed E-state index contributed by atoms with van der Waals surface area (Å²) < 4.78 is 26.9. The molecule has 1 aromatic rings. The first-order valence-corrected chi connectivity index (χ1v) is 8.62. The molecule has 0 spiro atoms. The Labute approximate surface area is 140 Å². The van der Waals surface area contributed by atoms with Crippen molar-refractivity contribution in [1.29, 1.82) is 0 Å². The van der Waals surface area contributed by atoms with Gasteiger partial charge in [0.1, 0.15) is 5.75 Å². The number of hydrogen-bond donors (Lipinski definition) is 2. The number of aromatic hydroxyl groups is 1. The maximum Gasteiger partial charge on any atom is 0.267 e. The number of halogens is 2. The molecular formula is C20H22F2O2. The predicted octanol–water partition coefficient (Wildman–Crippen LogP) is 4.67. The van der Waals surface area contributed by atoms with Gasteiger partial charge >= 0.3 is 0 Å². The summed E-state index contributed by atoms with van der Waals surface area (Å²) in [6.45, 7) is 2.04. The highest BCUT2D eigenvalue weighted by molar-refractivity contribution is 5.78. The topological polar surface area (TPSA) is 40.5 Å². The van der Waals surface area contributed by atoms with Crippen LogP contribution in [0.15, 0.2) is 36.4 Å². The van der Waals surface area contributed by atoms with Crippen LogP contribution in [-0.2, 0) is 6.42 Å². The molecule has 1 saturated carbocycles. The third-order valence-corrected chi connectivity index (χ3v) is 6.71. The molecule has 3 aliphatic rings. The summed E-state index contributed by atoms with van der Waals surface area (Å²) in [7, 11) is 0. The first-order chi connectivity index (χ1) is 11.4. The SMILES string of the molecule is C[C@]12CC=C3c4ccc(O)cc4CC[C@@]3(C=C(F)F)C1CC[C@@H]2O. The van der Waals surface area contributed by atoms with Gasteiger partial charge in [-0.05, 0) is 72.9 Å². The van der Waals surface area contributed by atoms with Crippen LogP contribution in [0.5, 0.6) is 5.75 Å². The molecule has 0 amide bonds. The van der Waals surface area contributed by atoms with E-state index in [1.54, 1.807) is 12.1 Å². The highest BCUT2D eigenvalue weighted by Gasteiger charge is 2.58. The second-order valence-corrected chi connectivity index (χ2v) is 7.79. The second-order valence-electron chi connectivity index (χ2n) is 7.79. The molecule has 0 aromatic heterocycles. The standard InChI is InChI=1S/C20H22F2O2/c1-19-8-7-15-14-3-2-13(23)10-12(14)6-9-20(15,11-18(21)22)16(19)4-5-17(19)24/h2-3,7,10-11,16-17,23-24H,4-6,8-9H2,1H3/t16?,17-,19-,20-/m0/s1. The first kappa shape index (κ1) is 15.8. The van der Waals surface area contributed by atoms with Crippen molar-refractivity contribution in [2.24, 2.45) is 16.7 Å². The van der Waals surface area contributed by atoms with Gasteiger partial charge in [0.15, 0.2) is 0 Å². The lowest BCUT2D eigenvalue weighted by atomic mass is 9.51. The molecule has 2 nitrogen and oxygen atoms in total. The summed E-state index contributed by atoms with van der Waals surface area (Å²) in [6.07, 6.45) is 4.53. The van der Waals surface area contributed by atoms with Crippen molar-refractivity contribution in [3.8, 4) is 5.75 Å². The van der Waals surface area contributed by atoms with E-state index in [0.717, 1.165) is 29.2 Å². The highest BCUT2D eigenvalue weighted by Crippen LogP contribution is 2.65. The van der Waals surface area contributed by atoms with Crippen molar-refractivity contribution in [2.45, 2.75) is 45.1 Å². The van der Waals surface area contributed by atoms with Gasteiger partial charge in [-0.1, -0.05) is 19.1 Å².